The molecular weight excluding hydrogens is 302 g/mol. The van der Waals surface area contributed by atoms with Crippen LogP contribution in [0.5, 0.6) is 5.75 Å². The first-order valence-electron chi connectivity index (χ1n) is 7.02. The zero-order valence-corrected chi connectivity index (χ0v) is 13.6. The topological polar surface area (TPSA) is 98.2 Å². The number of rotatable bonds is 6. The zero-order chi connectivity index (χ0) is 17.4. The van der Waals surface area contributed by atoms with Crippen LogP contribution in [0.2, 0.25) is 0 Å². The molecule has 1 rings (SSSR count). The maximum atomic E-state index is 12.0. The molecule has 3 amide bonds. The Bertz CT molecular complexity index is 576. The van der Waals surface area contributed by atoms with E-state index in [2.05, 4.69) is 15.4 Å². The van der Waals surface area contributed by atoms with E-state index in [1.807, 2.05) is 0 Å². The summed E-state index contributed by atoms with van der Waals surface area (Å²) in [7, 11) is 4.40. The lowest BCUT2D eigenvalue weighted by atomic mass is 10.2. The molecule has 0 fully saturated rings. The maximum Gasteiger partial charge on any atom is 0.413 e. The molecule has 0 aromatic heterocycles. The average molecular weight is 324 g/mol. The first-order chi connectivity index (χ1) is 10.9. The number of anilines is 1. The van der Waals surface area contributed by atoms with Crippen LogP contribution >= 0.6 is 0 Å². The Balaban J connectivity index is 2.55. The van der Waals surface area contributed by atoms with Crippen molar-refractivity contribution in [3.8, 4) is 5.75 Å². The summed E-state index contributed by atoms with van der Waals surface area (Å²) in [5, 5.41) is 4.81. The molecule has 1 unspecified atom stereocenters. The minimum Gasteiger partial charge on any atom is -0.497 e. The first-order valence-corrected chi connectivity index (χ1v) is 7.02. The molecule has 23 heavy (non-hydrogen) atoms. The Morgan fingerprint density at radius 1 is 1.26 bits per heavy atom. The Morgan fingerprint density at radius 3 is 2.57 bits per heavy atom. The van der Waals surface area contributed by atoms with Crippen molar-refractivity contribution < 1.29 is 28.8 Å². The fourth-order valence-corrected chi connectivity index (χ4v) is 1.80. The van der Waals surface area contributed by atoms with Gasteiger partial charge in [0.05, 0.1) is 21.3 Å². The Kier molecular flexibility index (Phi) is 7.01. The van der Waals surface area contributed by atoms with Crippen molar-refractivity contribution in [3.63, 3.8) is 0 Å². The van der Waals surface area contributed by atoms with Gasteiger partial charge in [-0.05, 0) is 19.1 Å². The average Bonchev–Trinajstić information content (AvgIpc) is 2.53. The van der Waals surface area contributed by atoms with E-state index in [0.29, 0.717) is 16.3 Å². The molecule has 0 radical (unpaired) electrons. The fraction of sp³-hybridized carbons (Fsp3) is 0.400. The molecule has 8 heteroatoms. The highest BCUT2D eigenvalue weighted by Gasteiger charge is 2.25. The van der Waals surface area contributed by atoms with Gasteiger partial charge in [0.15, 0.2) is 12.6 Å². The van der Waals surface area contributed by atoms with Gasteiger partial charge in [-0.25, -0.2) is 4.79 Å². The van der Waals surface area contributed by atoms with Crippen LogP contribution in [0.3, 0.4) is 0 Å². The third-order valence-electron chi connectivity index (χ3n) is 3.34. The summed E-state index contributed by atoms with van der Waals surface area (Å²) >= 11 is 0. The molecule has 1 aromatic carbocycles. The van der Waals surface area contributed by atoms with Crippen LogP contribution in [0.25, 0.3) is 0 Å². The first kappa shape index (κ1) is 18.4. The highest BCUT2D eigenvalue weighted by molar-refractivity contribution is 5.94. The van der Waals surface area contributed by atoms with E-state index < -0.39 is 18.0 Å². The summed E-state index contributed by atoms with van der Waals surface area (Å²) in [6.45, 7) is 1.68. The molecule has 0 heterocycles. The van der Waals surface area contributed by atoms with Crippen LogP contribution in [0.15, 0.2) is 24.3 Å². The summed E-state index contributed by atoms with van der Waals surface area (Å²) in [5.41, 5.74) is 0.605. The largest absolute Gasteiger partial charge is 0.497 e. The minimum atomic E-state index is -0.824. The van der Waals surface area contributed by atoms with Gasteiger partial charge in [-0.2, -0.15) is 0 Å². The number of carbonyl (C=O) groups excluding carboxylic acids is 3. The zero-order valence-electron chi connectivity index (χ0n) is 13.6. The normalized spacial score (nSPS) is 12.7. The van der Waals surface area contributed by atoms with Crippen molar-refractivity contribution in [2.75, 3.05) is 33.1 Å². The van der Waals surface area contributed by atoms with Gasteiger partial charge < -0.3 is 19.7 Å². The summed E-state index contributed by atoms with van der Waals surface area (Å²) in [4.78, 5) is 35.5. The van der Waals surface area contributed by atoms with Crippen molar-refractivity contribution in [1.82, 2.24) is 5.32 Å². The van der Waals surface area contributed by atoms with E-state index in [4.69, 9.17) is 4.74 Å². The third kappa shape index (κ3) is 5.95. The second-order valence-electron chi connectivity index (χ2n) is 5.01. The number of alkyl carbamates (subject to hydrolysis) is 1. The molecule has 2 atom stereocenters. The summed E-state index contributed by atoms with van der Waals surface area (Å²) < 4.78 is 9.44. The Labute approximate surface area is 134 Å². The third-order valence-corrected chi connectivity index (χ3v) is 3.34. The van der Waals surface area contributed by atoms with E-state index in [1.54, 1.807) is 45.3 Å². The second-order valence-corrected chi connectivity index (χ2v) is 5.01. The summed E-state index contributed by atoms with van der Waals surface area (Å²) in [6.07, 6.45) is -0.824. The number of imide groups is 1. The summed E-state index contributed by atoms with van der Waals surface area (Å²) in [5.74, 6) is -0.133. The molecule has 126 valence electrons. The number of hydrogen-bond acceptors (Lipinski definition) is 5. The molecule has 0 aliphatic rings. The SMILES string of the molecule is COC(=O)NC(=O)[C@@H](C)[NH+](C)CC(=O)Nc1cccc(OC)c1. The quantitative estimate of drug-likeness (QED) is 0.650. The molecule has 8 nitrogen and oxygen atoms in total. The number of likely N-dealkylation sites (N-methyl/N-ethyl adjacent to an activating group) is 1. The van der Waals surface area contributed by atoms with Crippen molar-refractivity contribution in [3.05, 3.63) is 24.3 Å². The van der Waals surface area contributed by atoms with Crippen molar-refractivity contribution >= 4 is 23.6 Å². The monoisotopic (exact) mass is 324 g/mol. The van der Waals surface area contributed by atoms with Gasteiger partial charge in [0, 0.05) is 11.8 Å². The number of carbonyl (C=O) groups is 3. The van der Waals surface area contributed by atoms with Crippen LogP contribution in [-0.2, 0) is 14.3 Å². The lowest BCUT2D eigenvalue weighted by molar-refractivity contribution is -0.885. The lowest BCUT2D eigenvalue weighted by Crippen LogP contribution is -3.15. The van der Waals surface area contributed by atoms with Gasteiger partial charge >= 0.3 is 6.09 Å². The van der Waals surface area contributed by atoms with Crippen LogP contribution in [-0.4, -0.2) is 51.8 Å². The van der Waals surface area contributed by atoms with Gasteiger partial charge in [0.1, 0.15) is 5.75 Å². The van der Waals surface area contributed by atoms with E-state index in [9.17, 15) is 14.4 Å². The van der Waals surface area contributed by atoms with Crippen LogP contribution in [0.1, 0.15) is 6.92 Å². The predicted molar refractivity (Wildman–Crippen MR) is 83.4 cm³/mol. The van der Waals surface area contributed by atoms with E-state index >= 15 is 0 Å². The van der Waals surface area contributed by atoms with Crippen LogP contribution < -0.4 is 20.3 Å². The van der Waals surface area contributed by atoms with Crippen LogP contribution in [0, 0.1) is 0 Å². The predicted octanol–water partition coefficient (Wildman–Crippen LogP) is -0.580. The molecule has 0 saturated carbocycles. The highest BCUT2D eigenvalue weighted by Crippen LogP contribution is 2.16. The Hall–Kier alpha value is -2.61. The molecule has 0 saturated heterocycles. The molecule has 0 aliphatic carbocycles. The standard InChI is InChI=1S/C15H21N3O5/c1-10(14(20)17-15(21)23-4)18(2)9-13(19)16-11-6-5-7-12(8-11)22-3/h5-8,10H,9H2,1-4H3,(H,16,19)(H,17,20,21)/p+1/t10-/m1/s1. The molecule has 0 bridgehead atoms. The van der Waals surface area contributed by atoms with Gasteiger partial charge in [0.25, 0.3) is 11.8 Å². The number of hydrogen-bond donors (Lipinski definition) is 3. The number of benzene rings is 1. The Morgan fingerprint density at radius 2 is 1.96 bits per heavy atom. The summed E-state index contributed by atoms with van der Waals surface area (Å²) in [6, 6.07) is 6.37. The van der Waals surface area contributed by atoms with Gasteiger partial charge in [0.2, 0.25) is 0 Å². The van der Waals surface area contributed by atoms with E-state index in [0.717, 1.165) is 0 Å². The maximum absolute atomic E-state index is 12.0. The van der Waals surface area contributed by atoms with E-state index in [-0.39, 0.29) is 12.5 Å². The number of nitrogens with one attached hydrogen (secondary N) is 3. The smallest absolute Gasteiger partial charge is 0.413 e. The number of amides is 3. The molecule has 3 N–H and O–H groups in total. The number of ether oxygens (including phenoxy) is 2. The van der Waals surface area contributed by atoms with Gasteiger partial charge in [-0.3, -0.25) is 14.9 Å². The lowest BCUT2D eigenvalue weighted by Gasteiger charge is -2.20. The van der Waals surface area contributed by atoms with E-state index in [1.165, 1.54) is 7.11 Å². The molecular formula is C15H22N3O5+. The van der Waals surface area contributed by atoms with Crippen molar-refractivity contribution in [2.45, 2.75) is 13.0 Å². The number of quaternary nitrogens is 1. The molecule has 1 aromatic rings. The fourth-order valence-electron chi connectivity index (χ4n) is 1.80. The van der Waals surface area contributed by atoms with Crippen molar-refractivity contribution in [2.24, 2.45) is 0 Å². The second kappa shape index (κ2) is 8.74. The molecule has 0 aliphatic heterocycles. The van der Waals surface area contributed by atoms with Gasteiger partial charge in [-0.1, -0.05) is 6.07 Å². The molecule has 0 spiro atoms. The minimum absolute atomic E-state index is 0.0625. The highest BCUT2D eigenvalue weighted by atomic mass is 16.5. The van der Waals surface area contributed by atoms with Crippen molar-refractivity contribution in [1.29, 1.82) is 0 Å². The van der Waals surface area contributed by atoms with Crippen LogP contribution in [0.4, 0.5) is 10.5 Å². The van der Waals surface area contributed by atoms with Gasteiger partial charge in [-0.15, -0.1) is 0 Å². The number of methoxy groups -OCH3 is 2.